The minimum atomic E-state index is 0.210. The number of rotatable bonds is 5. The van der Waals surface area contributed by atoms with Crippen LogP contribution in [0.3, 0.4) is 0 Å². The fraction of sp³-hybridized carbons (Fsp3) is 0.611. The summed E-state index contributed by atoms with van der Waals surface area (Å²) in [6.07, 6.45) is 2.49. The van der Waals surface area contributed by atoms with Gasteiger partial charge >= 0.3 is 0 Å². The second-order valence-corrected chi connectivity index (χ2v) is 6.64. The number of likely N-dealkylation sites (tertiary alicyclic amines) is 1. The molecule has 5 nitrogen and oxygen atoms in total. The van der Waals surface area contributed by atoms with Crippen LogP contribution in [-0.2, 0) is 0 Å². The number of piperidine rings is 1. The fourth-order valence-corrected chi connectivity index (χ4v) is 3.07. The zero-order valence-electron chi connectivity index (χ0n) is 14.8. The highest BCUT2D eigenvalue weighted by molar-refractivity contribution is 5.78. The van der Waals surface area contributed by atoms with E-state index in [9.17, 15) is 0 Å². The second-order valence-electron chi connectivity index (χ2n) is 6.64. The highest BCUT2D eigenvalue weighted by atomic mass is 16.5. The van der Waals surface area contributed by atoms with E-state index in [0.29, 0.717) is 18.4 Å². The van der Waals surface area contributed by atoms with Gasteiger partial charge in [-0.1, -0.05) is 19.1 Å². The van der Waals surface area contributed by atoms with Crippen molar-refractivity contribution in [1.82, 2.24) is 9.80 Å². The molecule has 1 aromatic rings. The molecule has 1 aliphatic heterocycles. The van der Waals surface area contributed by atoms with Crippen LogP contribution in [0.4, 0.5) is 0 Å². The lowest BCUT2D eigenvalue weighted by atomic mass is 10.0. The summed E-state index contributed by atoms with van der Waals surface area (Å²) < 4.78 is 5.23. The molecule has 2 atom stereocenters. The summed E-state index contributed by atoms with van der Waals surface area (Å²) in [5, 5.41) is 0. The Labute approximate surface area is 140 Å². The number of nitrogens with two attached hydrogens (primary N) is 1. The Balaban J connectivity index is 2.04. The summed E-state index contributed by atoms with van der Waals surface area (Å²) in [6.45, 7) is 4.98. The fourth-order valence-electron chi connectivity index (χ4n) is 3.07. The van der Waals surface area contributed by atoms with Gasteiger partial charge < -0.3 is 20.3 Å². The van der Waals surface area contributed by atoms with Crippen LogP contribution in [0, 0.1) is 5.92 Å². The summed E-state index contributed by atoms with van der Waals surface area (Å²) in [7, 11) is 5.83. The number of hydrogen-bond acceptors (Lipinski definition) is 3. The molecular weight excluding hydrogens is 288 g/mol. The number of nitrogens with zero attached hydrogens (tertiary/aromatic N) is 3. The molecule has 1 heterocycles. The van der Waals surface area contributed by atoms with E-state index in [1.165, 1.54) is 18.4 Å². The molecule has 2 N–H and O–H groups in total. The van der Waals surface area contributed by atoms with Gasteiger partial charge in [0.25, 0.3) is 0 Å². The van der Waals surface area contributed by atoms with Gasteiger partial charge in [0.15, 0.2) is 5.96 Å². The van der Waals surface area contributed by atoms with E-state index in [-0.39, 0.29) is 6.04 Å². The van der Waals surface area contributed by atoms with Crippen LogP contribution >= 0.6 is 0 Å². The summed E-state index contributed by atoms with van der Waals surface area (Å²) in [5.41, 5.74) is 7.44. The molecule has 0 bridgehead atoms. The predicted molar refractivity (Wildman–Crippen MR) is 95.9 cm³/mol. The van der Waals surface area contributed by atoms with Gasteiger partial charge in [-0.25, -0.2) is 0 Å². The second kappa shape index (κ2) is 8.20. The normalized spacial score (nSPS) is 20.7. The third kappa shape index (κ3) is 4.86. The molecule has 1 aromatic carbocycles. The molecule has 0 radical (unpaired) electrons. The highest BCUT2D eigenvalue weighted by Gasteiger charge is 2.19. The van der Waals surface area contributed by atoms with Gasteiger partial charge in [-0.2, -0.15) is 0 Å². The van der Waals surface area contributed by atoms with Gasteiger partial charge in [0, 0.05) is 13.1 Å². The SMILES string of the molecule is COc1ccc(C(CN=C(N)N2CCCC(C)C2)N(C)C)cc1. The van der Waals surface area contributed by atoms with Crippen LogP contribution in [0.15, 0.2) is 29.3 Å². The molecule has 2 rings (SSSR count). The molecule has 2 unspecified atom stereocenters. The van der Waals surface area contributed by atoms with E-state index in [0.717, 1.165) is 18.8 Å². The largest absolute Gasteiger partial charge is 0.497 e. The number of guanidine groups is 1. The molecule has 128 valence electrons. The minimum Gasteiger partial charge on any atom is -0.497 e. The van der Waals surface area contributed by atoms with Gasteiger partial charge in [0.05, 0.1) is 19.7 Å². The van der Waals surface area contributed by atoms with Crippen molar-refractivity contribution in [3.8, 4) is 5.75 Å². The third-order valence-electron chi connectivity index (χ3n) is 4.53. The monoisotopic (exact) mass is 318 g/mol. The molecule has 0 spiro atoms. The maximum absolute atomic E-state index is 6.22. The molecule has 0 aromatic heterocycles. The van der Waals surface area contributed by atoms with Gasteiger partial charge in [0.1, 0.15) is 5.75 Å². The topological polar surface area (TPSA) is 54.1 Å². The smallest absolute Gasteiger partial charge is 0.191 e. The maximum atomic E-state index is 6.22. The molecule has 23 heavy (non-hydrogen) atoms. The van der Waals surface area contributed by atoms with Crippen molar-refractivity contribution in [2.45, 2.75) is 25.8 Å². The van der Waals surface area contributed by atoms with Crippen molar-refractivity contribution in [3.05, 3.63) is 29.8 Å². The molecule has 1 saturated heterocycles. The predicted octanol–water partition coefficient (Wildman–Crippen LogP) is 2.34. The summed E-state index contributed by atoms with van der Waals surface area (Å²) in [4.78, 5) is 9.07. The van der Waals surface area contributed by atoms with E-state index in [2.05, 4.69) is 47.9 Å². The number of aliphatic imine (C=N–C) groups is 1. The average Bonchev–Trinajstić information content (AvgIpc) is 2.55. The quantitative estimate of drug-likeness (QED) is 0.669. The van der Waals surface area contributed by atoms with Gasteiger partial charge in [0.2, 0.25) is 0 Å². The lowest BCUT2D eigenvalue weighted by Crippen LogP contribution is -2.43. The van der Waals surface area contributed by atoms with E-state index in [4.69, 9.17) is 10.5 Å². The number of methoxy groups -OCH3 is 1. The van der Waals surface area contributed by atoms with E-state index >= 15 is 0 Å². The van der Waals surface area contributed by atoms with Crippen LogP contribution in [0.1, 0.15) is 31.4 Å². The lowest BCUT2D eigenvalue weighted by molar-refractivity contribution is 0.267. The van der Waals surface area contributed by atoms with Crippen LogP contribution in [0.5, 0.6) is 5.75 Å². The van der Waals surface area contributed by atoms with Gasteiger partial charge in [-0.15, -0.1) is 0 Å². The first kappa shape index (κ1) is 17.6. The lowest BCUT2D eigenvalue weighted by Gasteiger charge is -2.32. The van der Waals surface area contributed by atoms with E-state index < -0.39 is 0 Å². The first-order valence-electron chi connectivity index (χ1n) is 8.36. The van der Waals surface area contributed by atoms with Crippen molar-refractivity contribution < 1.29 is 4.74 Å². The van der Waals surface area contributed by atoms with Crippen molar-refractivity contribution in [3.63, 3.8) is 0 Å². The maximum Gasteiger partial charge on any atom is 0.191 e. The minimum absolute atomic E-state index is 0.210. The van der Waals surface area contributed by atoms with Crippen LogP contribution in [0.25, 0.3) is 0 Å². The first-order chi connectivity index (χ1) is 11.0. The molecule has 0 aliphatic carbocycles. The third-order valence-corrected chi connectivity index (χ3v) is 4.53. The zero-order valence-corrected chi connectivity index (χ0v) is 14.8. The standard InChI is InChI=1S/C18H30N4O/c1-14-6-5-11-22(13-14)18(19)20-12-17(21(2)3)15-7-9-16(23-4)10-8-15/h7-10,14,17H,5-6,11-13H2,1-4H3,(H2,19,20). The Morgan fingerprint density at radius 1 is 1.39 bits per heavy atom. The molecule has 1 aliphatic rings. The average molecular weight is 318 g/mol. The molecule has 5 heteroatoms. The summed E-state index contributed by atoms with van der Waals surface area (Å²) in [6, 6.07) is 8.38. The van der Waals surface area contributed by atoms with Crippen LogP contribution in [0.2, 0.25) is 0 Å². The zero-order chi connectivity index (χ0) is 16.8. The van der Waals surface area contributed by atoms with Crippen molar-refractivity contribution >= 4 is 5.96 Å². The van der Waals surface area contributed by atoms with Gasteiger partial charge in [-0.05, 0) is 50.6 Å². The Hall–Kier alpha value is -1.75. The Bertz CT molecular complexity index is 512. The highest BCUT2D eigenvalue weighted by Crippen LogP contribution is 2.22. The Morgan fingerprint density at radius 2 is 2.09 bits per heavy atom. The Morgan fingerprint density at radius 3 is 2.65 bits per heavy atom. The van der Waals surface area contributed by atoms with Crippen LogP contribution < -0.4 is 10.5 Å². The molecule has 0 amide bonds. The summed E-state index contributed by atoms with van der Waals surface area (Å²) in [5.74, 6) is 2.25. The van der Waals surface area contributed by atoms with Crippen molar-refractivity contribution in [2.24, 2.45) is 16.6 Å². The number of ether oxygens (including phenoxy) is 1. The summed E-state index contributed by atoms with van der Waals surface area (Å²) >= 11 is 0. The molecule has 1 fully saturated rings. The van der Waals surface area contributed by atoms with Crippen LogP contribution in [-0.4, -0.2) is 56.6 Å². The molecular formula is C18H30N4O. The Kier molecular flexibility index (Phi) is 6.28. The first-order valence-corrected chi connectivity index (χ1v) is 8.36. The number of likely N-dealkylation sites (N-methyl/N-ethyl adjacent to an activating group) is 1. The van der Waals surface area contributed by atoms with E-state index in [1.807, 2.05) is 12.1 Å². The van der Waals surface area contributed by atoms with Crippen molar-refractivity contribution in [2.75, 3.05) is 40.8 Å². The van der Waals surface area contributed by atoms with E-state index in [1.54, 1.807) is 7.11 Å². The molecule has 0 saturated carbocycles. The van der Waals surface area contributed by atoms with Crippen molar-refractivity contribution in [1.29, 1.82) is 0 Å². The number of benzene rings is 1. The van der Waals surface area contributed by atoms with Gasteiger partial charge in [-0.3, -0.25) is 4.99 Å². The number of hydrogen-bond donors (Lipinski definition) is 1.